The molecule has 1 unspecified atom stereocenters. The fraction of sp³-hybridized carbons (Fsp3) is 0.524. The van der Waals surface area contributed by atoms with E-state index in [1.807, 2.05) is 27.8 Å². The average Bonchev–Trinajstić information content (AvgIpc) is 2.99. The predicted octanol–water partition coefficient (Wildman–Crippen LogP) is 3.33. The van der Waals surface area contributed by atoms with Gasteiger partial charge in [-0.1, -0.05) is 6.07 Å². The monoisotopic (exact) mass is 472 g/mol. The van der Waals surface area contributed by atoms with Crippen molar-refractivity contribution in [2.45, 2.75) is 50.7 Å². The van der Waals surface area contributed by atoms with Crippen LogP contribution in [0.25, 0.3) is 0 Å². The van der Waals surface area contributed by atoms with Gasteiger partial charge >= 0.3 is 6.18 Å². The average molecular weight is 473 g/mol. The van der Waals surface area contributed by atoms with Crippen LogP contribution in [0, 0.1) is 19.8 Å². The summed E-state index contributed by atoms with van der Waals surface area (Å²) in [6.07, 6.45) is -4.04. The molecule has 1 fully saturated rings. The van der Waals surface area contributed by atoms with E-state index in [0.717, 1.165) is 39.5 Å². The number of sulfonamides is 1. The summed E-state index contributed by atoms with van der Waals surface area (Å²) < 4.78 is 67.4. The van der Waals surface area contributed by atoms with Crippen LogP contribution < -0.4 is 5.32 Å². The molecule has 2 heterocycles. The summed E-state index contributed by atoms with van der Waals surface area (Å²) in [5, 5.41) is 7.35. The minimum Gasteiger partial charge on any atom is -0.349 e. The minimum absolute atomic E-state index is 0.0655. The zero-order valence-electron chi connectivity index (χ0n) is 18.4. The van der Waals surface area contributed by atoms with Crippen molar-refractivity contribution in [1.82, 2.24) is 19.4 Å². The van der Waals surface area contributed by atoms with Gasteiger partial charge in [-0.25, -0.2) is 8.42 Å². The number of hydrogen-bond donors (Lipinski definition) is 1. The van der Waals surface area contributed by atoms with Gasteiger partial charge in [0.15, 0.2) is 0 Å². The molecule has 0 spiro atoms. The Morgan fingerprint density at radius 1 is 1.22 bits per heavy atom. The second-order valence-electron chi connectivity index (χ2n) is 8.14. The van der Waals surface area contributed by atoms with Crippen LogP contribution in [0.5, 0.6) is 0 Å². The highest BCUT2D eigenvalue weighted by Crippen LogP contribution is 2.32. The lowest BCUT2D eigenvalue weighted by Gasteiger charge is -2.31. The second-order valence-corrected chi connectivity index (χ2v) is 10.1. The Bertz CT molecular complexity index is 1100. The summed E-state index contributed by atoms with van der Waals surface area (Å²) in [7, 11) is -2.24. The van der Waals surface area contributed by atoms with Crippen LogP contribution >= 0.6 is 0 Å². The van der Waals surface area contributed by atoms with Crippen LogP contribution in [0.3, 0.4) is 0 Å². The number of alkyl halides is 3. The Kier molecular flexibility index (Phi) is 6.71. The summed E-state index contributed by atoms with van der Waals surface area (Å²) >= 11 is 0. The number of amides is 1. The third-order valence-electron chi connectivity index (χ3n) is 5.98. The first-order chi connectivity index (χ1) is 14.8. The van der Waals surface area contributed by atoms with Gasteiger partial charge in [-0.15, -0.1) is 0 Å². The molecule has 3 rings (SSSR count). The Labute approximate surface area is 185 Å². The zero-order valence-corrected chi connectivity index (χ0v) is 19.2. The van der Waals surface area contributed by atoms with Crippen LogP contribution in [-0.2, 0) is 28.0 Å². The molecule has 1 saturated heterocycles. The van der Waals surface area contributed by atoms with Crippen molar-refractivity contribution >= 4 is 15.9 Å². The number of nitrogens with one attached hydrogen (secondary N) is 1. The SMILES string of the molecule is Cc1nn(C)c(C)c1C(C)NC(=O)C1CCN(S(=O)(=O)c2cccc(C(F)(F)F)c2)CC1. The molecule has 32 heavy (non-hydrogen) atoms. The van der Waals surface area contributed by atoms with Crippen LogP contribution in [-0.4, -0.2) is 41.5 Å². The molecule has 1 aromatic heterocycles. The van der Waals surface area contributed by atoms with Gasteiger partial charge in [0.2, 0.25) is 15.9 Å². The molecule has 176 valence electrons. The van der Waals surface area contributed by atoms with E-state index in [9.17, 15) is 26.4 Å². The van der Waals surface area contributed by atoms with Gasteiger partial charge in [-0.05, 0) is 51.8 Å². The molecule has 1 aliphatic heterocycles. The maximum atomic E-state index is 13.0. The number of nitrogens with zero attached hydrogens (tertiary/aromatic N) is 3. The molecule has 1 aromatic carbocycles. The lowest BCUT2D eigenvalue weighted by atomic mass is 9.96. The van der Waals surface area contributed by atoms with Gasteiger partial charge in [0.1, 0.15) is 0 Å². The van der Waals surface area contributed by atoms with Gasteiger partial charge in [-0.3, -0.25) is 9.48 Å². The highest BCUT2D eigenvalue weighted by molar-refractivity contribution is 7.89. The molecule has 1 atom stereocenters. The molecular weight excluding hydrogens is 445 g/mol. The van der Waals surface area contributed by atoms with E-state index in [4.69, 9.17) is 0 Å². The van der Waals surface area contributed by atoms with E-state index in [-0.39, 0.29) is 31.0 Å². The largest absolute Gasteiger partial charge is 0.416 e. The van der Waals surface area contributed by atoms with Crippen molar-refractivity contribution in [3.8, 4) is 0 Å². The van der Waals surface area contributed by atoms with Crippen LogP contribution in [0.15, 0.2) is 29.2 Å². The molecule has 2 aromatic rings. The third kappa shape index (κ3) is 4.83. The van der Waals surface area contributed by atoms with Crippen molar-refractivity contribution < 1.29 is 26.4 Å². The lowest BCUT2D eigenvalue weighted by Crippen LogP contribution is -2.43. The first-order valence-electron chi connectivity index (χ1n) is 10.3. The van der Waals surface area contributed by atoms with Crippen molar-refractivity contribution in [2.75, 3.05) is 13.1 Å². The third-order valence-corrected chi connectivity index (χ3v) is 7.88. The Morgan fingerprint density at radius 2 is 1.84 bits per heavy atom. The Hall–Kier alpha value is -2.40. The van der Waals surface area contributed by atoms with Gasteiger partial charge in [0.25, 0.3) is 0 Å². The van der Waals surface area contributed by atoms with Crippen molar-refractivity contribution in [3.63, 3.8) is 0 Å². The second kappa shape index (κ2) is 8.86. The van der Waals surface area contributed by atoms with Gasteiger partial charge in [0.05, 0.1) is 22.2 Å². The molecule has 11 heteroatoms. The molecule has 1 N–H and O–H groups in total. The molecule has 0 saturated carbocycles. The zero-order chi connectivity index (χ0) is 23.8. The van der Waals surface area contributed by atoms with Crippen LogP contribution in [0.4, 0.5) is 13.2 Å². The lowest BCUT2D eigenvalue weighted by molar-refractivity contribution is -0.137. The van der Waals surface area contributed by atoms with Crippen LogP contribution in [0.2, 0.25) is 0 Å². The number of benzene rings is 1. The molecule has 0 bridgehead atoms. The van der Waals surface area contributed by atoms with E-state index >= 15 is 0 Å². The molecule has 7 nitrogen and oxygen atoms in total. The Morgan fingerprint density at radius 3 is 2.38 bits per heavy atom. The van der Waals surface area contributed by atoms with Crippen LogP contribution in [0.1, 0.15) is 48.3 Å². The van der Waals surface area contributed by atoms with Gasteiger partial charge in [0, 0.05) is 37.3 Å². The maximum Gasteiger partial charge on any atom is 0.416 e. The van der Waals surface area contributed by atoms with Crippen molar-refractivity contribution in [3.05, 3.63) is 46.8 Å². The number of rotatable bonds is 5. The van der Waals surface area contributed by atoms with E-state index in [1.54, 1.807) is 4.68 Å². The summed E-state index contributed by atoms with van der Waals surface area (Å²) in [5.74, 6) is -0.543. The summed E-state index contributed by atoms with van der Waals surface area (Å²) in [6, 6.07) is 3.48. The minimum atomic E-state index is -4.63. The highest BCUT2D eigenvalue weighted by Gasteiger charge is 2.35. The number of piperidine rings is 1. The molecule has 0 radical (unpaired) electrons. The first kappa shape index (κ1) is 24.2. The van der Waals surface area contributed by atoms with E-state index < -0.39 is 26.7 Å². The number of aromatic nitrogens is 2. The van der Waals surface area contributed by atoms with E-state index in [0.29, 0.717) is 18.9 Å². The molecule has 1 amide bonds. The highest BCUT2D eigenvalue weighted by atomic mass is 32.2. The number of aryl methyl sites for hydroxylation is 2. The van der Waals surface area contributed by atoms with E-state index in [1.165, 1.54) is 0 Å². The topological polar surface area (TPSA) is 84.3 Å². The molecule has 1 aliphatic rings. The fourth-order valence-corrected chi connectivity index (χ4v) is 5.68. The summed E-state index contributed by atoms with van der Waals surface area (Å²) in [5.41, 5.74) is 1.73. The smallest absolute Gasteiger partial charge is 0.349 e. The maximum absolute atomic E-state index is 13.0. The quantitative estimate of drug-likeness (QED) is 0.724. The standard InChI is InChI=1S/C21H27F3N4O3S/c1-13(19-14(2)26-27(4)15(19)3)25-20(29)16-8-10-28(11-9-16)32(30,31)18-7-5-6-17(12-18)21(22,23)24/h5-7,12-13,16H,8-11H2,1-4H3,(H,25,29). The Balaban J connectivity index is 1.65. The predicted molar refractivity (Wildman–Crippen MR) is 112 cm³/mol. The molecular formula is C21H27F3N4O3S. The number of hydrogen-bond acceptors (Lipinski definition) is 4. The van der Waals surface area contributed by atoms with Gasteiger partial charge in [-0.2, -0.15) is 22.6 Å². The van der Waals surface area contributed by atoms with Crippen molar-refractivity contribution in [1.29, 1.82) is 0 Å². The molecule has 0 aliphatic carbocycles. The van der Waals surface area contributed by atoms with Gasteiger partial charge < -0.3 is 5.32 Å². The summed E-state index contributed by atoms with van der Waals surface area (Å²) in [6.45, 7) is 5.81. The number of carbonyl (C=O) groups is 1. The normalized spacial score (nSPS) is 17.3. The fourth-order valence-electron chi connectivity index (χ4n) is 4.16. The van der Waals surface area contributed by atoms with E-state index in [2.05, 4.69) is 10.4 Å². The number of halogens is 3. The first-order valence-corrected chi connectivity index (χ1v) is 11.7. The summed E-state index contributed by atoms with van der Waals surface area (Å²) in [4.78, 5) is 12.4. The number of carbonyl (C=O) groups excluding carboxylic acids is 1. The van der Waals surface area contributed by atoms with Crippen molar-refractivity contribution in [2.24, 2.45) is 13.0 Å².